The first-order chi connectivity index (χ1) is 9.08. The zero-order chi connectivity index (χ0) is 13.8. The molecule has 2 atom stereocenters. The Morgan fingerprint density at radius 1 is 1.42 bits per heavy atom. The number of rotatable bonds is 4. The summed E-state index contributed by atoms with van der Waals surface area (Å²) in [4.78, 5) is 11.8. The van der Waals surface area contributed by atoms with E-state index >= 15 is 0 Å². The van der Waals surface area contributed by atoms with Gasteiger partial charge in [0.2, 0.25) is 5.91 Å². The van der Waals surface area contributed by atoms with Crippen LogP contribution in [0.25, 0.3) is 0 Å². The Kier molecular flexibility index (Phi) is 4.53. The van der Waals surface area contributed by atoms with Crippen LogP contribution >= 0.6 is 0 Å². The lowest BCUT2D eigenvalue weighted by molar-refractivity contribution is -0.123. The normalized spacial score (nSPS) is 19.1. The van der Waals surface area contributed by atoms with Gasteiger partial charge < -0.3 is 11.1 Å². The summed E-state index contributed by atoms with van der Waals surface area (Å²) in [5, 5.41) is 2.97. The smallest absolute Gasteiger partial charge is 0.237 e. The Morgan fingerprint density at radius 2 is 2.11 bits per heavy atom. The van der Waals surface area contributed by atoms with E-state index in [1.807, 2.05) is 6.07 Å². The maximum absolute atomic E-state index is 13.4. The minimum Gasteiger partial charge on any atom is -0.348 e. The zero-order valence-corrected chi connectivity index (χ0v) is 11.2. The van der Waals surface area contributed by atoms with E-state index < -0.39 is 6.04 Å². The van der Waals surface area contributed by atoms with Gasteiger partial charge in [0.1, 0.15) is 5.82 Å². The van der Waals surface area contributed by atoms with Crippen molar-refractivity contribution in [2.75, 3.05) is 0 Å². The van der Waals surface area contributed by atoms with Crippen molar-refractivity contribution >= 4 is 5.91 Å². The molecule has 0 bridgehead atoms. The average Bonchev–Trinajstić information content (AvgIpc) is 2.89. The molecule has 0 aromatic heterocycles. The second-order valence-electron chi connectivity index (χ2n) is 5.37. The lowest BCUT2D eigenvalue weighted by atomic mass is 9.91. The molecule has 0 aliphatic heterocycles. The van der Waals surface area contributed by atoms with Gasteiger partial charge in [-0.3, -0.25) is 4.79 Å². The van der Waals surface area contributed by atoms with Crippen LogP contribution in [0.3, 0.4) is 0 Å². The quantitative estimate of drug-likeness (QED) is 0.878. The van der Waals surface area contributed by atoms with E-state index in [2.05, 4.69) is 5.32 Å². The molecule has 1 aromatic carbocycles. The van der Waals surface area contributed by atoms with Gasteiger partial charge in [-0.05, 0) is 43.4 Å². The monoisotopic (exact) mass is 264 g/mol. The van der Waals surface area contributed by atoms with Crippen LogP contribution in [0.1, 0.15) is 44.2 Å². The van der Waals surface area contributed by atoms with Gasteiger partial charge >= 0.3 is 0 Å². The molecule has 0 heterocycles. The highest BCUT2D eigenvalue weighted by atomic mass is 19.1. The summed E-state index contributed by atoms with van der Waals surface area (Å²) in [7, 11) is 0. The fourth-order valence-electron chi connectivity index (χ4n) is 2.75. The summed E-state index contributed by atoms with van der Waals surface area (Å²) in [5.41, 5.74) is 6.44. The zero-order valence-electron chi connectivity index (χ0n) is 11.2. The number of nitrogens with one attached hydrogen (secondary N) is 1. The standard InChI is InChI=1S/C15H21FN2O/c1-10(17)15(19)18-14(11-5-2-3-6-11)12-7-4-8-13(16)9-12/h4,7-11,14H,2-3,5-6,17H2,1H3,(H,18,19)/t10-,14?/m0/s1. The van der Waals surface area contributed by atoms with E-state index in [0.29, 0.717) is 5.92 Å². The minimum atomic E-state index is -0.544. The Morgan fingerprint density at radius 3 is 2.68 bits per heavy atom. The predicted octanol–water partition coefficient (Wildman–Crippen LogP) is 2.52. The molecule has 4 heteroatoms. The van der Waals surface area contributed by atoms with Gasteiger partial charge in [0, 0.05) is 0 Å². The maximum atomic E-state index is 13.4. The summed E-state index contributed by atoms with van der Waals surface area (Å²) in [6, 6.07) is 5.81. The van der Waals surface area contributed by atoms with Gasteiger partial charge in [0.05, 0.1) is 12.1 Å². The van der Waals surface area contributed by atoms with Crippen LogP contribution in [0.5, 0.6) is 0 Å². The van der Waals surface area contributed by atoms with E-state index in [4.69, 9.17) is 5.73 Å². The summed E-state index contributed by atoms with van der Waals surface area (Å²) in [6.07, 6.45) is 4.48. The molecule has 19 heavy (non-hydrogen) atoms. The van der Waals surface area contributed by atoms with Crippen molar-refractivity contribution in [2.24, 2.45) is 11.7 Å². The number of amides is 1. The molecule has 1 aliphatic carbocycles. The number of hydrogen-bond donors (Lipinski definition) is 2. The van der Waals surface area contributed by atoms with E-state index in [9.17, 15) is 9.18 Å². The average molecular weight is 264 g/mol. The van der Waals surface area contributed by atoms with Crippen LogP contribution in [0.4, 0.5) is 4.39 Å². The molecule has 3 nitrogen and oxygen atoms in total. The molecule has 1 amide bonds. The summed E-state index contributed by atoms with van der Waals surface area (Å²) in [6.45, 7) is 1.66. The van der Waals surface area contributed by atoms with Crippen LogP contribution in [-0.4, -0.2) is 11.9 Å². The number of halogens is 1. The third kappa shape index (κ3) is 3.53. The molecule has 1 fully saturated rings. The third-order valence-electron chi connectivity index (χ3n) is 3.79. The fourth-order valence-corrected chi connectivity index (χ4v) is 2.75. The predicted molar refractivity (Wildman–Crippen MR) is 72.9 cm³/mol. The van der Waals surface area contributed by atoms with Gasteiger partial charge in [-0.25, -0.2) is 4.39 Å². The molecule has 1 aliphatic rings. The number of carbonyl (C=O) groups is 1. The first kappa shape index (κ1) is 14.0. The molecular formula is C15H21FN2O. The minimum absolute atomic E-state index is 0.128. The molecule has 1 aromatic rings. The van der Waals surface area contributed by atoms with Crippen LogP contribution in [0, 0.1) is 11.7 Å². The first-order valence-corrected chi connectivity index (χ1v) is 6.89. The Balaban J connectivity index is 2.20. The van der Waals surface area contributed by atoms with Crippen molar-refractivity contribution in [3.8, 4) is 0 Å². The largest absolute Gasteiger partial charge is 0.348 e. The first-order valence-electron chi connectivity index (χ1n) is 6.89. The molecule has 0 saturated heterocycles. The summed E-state index contributed by atoms with van der Waals surface area (Å²) < 4.78 is 13.4. The number of carbonyl (C=O) groups excluding carboxylic acids is 1. The Bertz CT molecular complexity index is 442. The van der Waals surface area contributed by atoms with Gasteiger partial charge in [-0.1, -0.05) is 25.0 Å². The lowest BCUT2D eigenvalue weighted by Gasteiger charge is -2.26. The van der Waals surface area contributed by atoms with Crippen LogP contribution in [-0.2, 0) is 4.79 Å². The highest BCUT2D eigenvalue weighted by molar-refractivity contribution is 5.81. The van der Waals surface area contributed by atoms with Crippen LogP contribution < -0.4 is 11.1 Å². The SMILES string of the molecule is C[C@H](N)C(=O)NC(c1cccc(F)c1)C1CCCC1. The van der Waals surface area contributed by atoms with E-state index in [1.165, 1.54) is 25.0 Å². The van der Waals surface area contributed by atoms with Crippen molar-refractivity contribution in [3.05, 3.63) is 35.6 Å². The fraction of sp³-hybridized carbons (Fsp3) is 0.533. The Labute approximate surface area is 113 Å². The van der Waals surface area contributed by atoms with E-state index in [1.54, 1.807) is 13.0 Å². The number of nitrogens with two attached hydrogens (primary N) is 1. The van der Waals surface area contributed by atoms with Gasteiger partial charge in [-0.2, -0.15) is 0 Å². The molecule has 1 saturated carbocycles. The molecule has 0 radical (unpaired) electrons. The number of hydrogen-bond acceptors (Lipinski definition) is 2. The van der Waals surface area contributed by atoms with Crippen molar-refractivity contribution in [3.63, 3.8) is 0 Å². The second-order valence-corrected chi connectivity index (χ2v) is 5.37. The molecule has 0 spiro atoms. The van der Waals surface area contributed by atoms with Crippen molar-refractivity contribution in [1.29, 1.82) is 0 Å². The van der Waals surface area contributed by atoms with E-state index in [0.717, 1.165) is 18.4 Å². The lowest BCUT2D eigenvalue weighted by Crippen LogP contribution is -2.42. The molecule has 104 valence electrons. The highest BCUT2D eigenvalue weighted by Gasteiger charge is 2.28. The second kappa shape index (κ2) is 6.15. The number of benzene rings is 1. The Hall–Kier alpha value is -1.42. The summed E-state index contributed by atoms with van der Waals surface area (Å²) in [5.74, 6) is -0.0683. The molecular weight excluding hydrogens is 243 g/mol. The van der Waals surface area contributed by atoms with Gasteiger partial charge in [0.15, 0.2) is 0 Å². The molecule has 1 unspecified atom stereocenters. The van der Waals surface area contributed by atoms with Crippen LogP contribution in [0.2, 0.25) is 0 Å². The summed E-state index contributed by atoms with van der Waals surface area (Å²) >= 11 is 0. The third-order valence-corrected chi connectivity index (χ3v) is 3.79. The van der Waals surface area contributed by atoms with E-state index in [-0.39, 0.29) is 17.8 Å². The molecule has 2 rings (SSSR count). The van der Waals surface area contributed by atoms with Gasteiger partial charge in [0.25, 0.3) is 0 Å². The van der Waals surface area contributed by atoms with Crippen molar-refractivity contribution in [2.45, 2.75) is 44.7 Å². The maximum Gasteiger partial charge on any atom is 0.237 e. The van der Waals surface area contributed by atoms with Crippen LogP contribution in [0.15, 0.2) is 24.3 Å². The van der Waals surface area contributed by atoms with Crippen molar-refractivity contribution < 1.29 is 9.18 Å². The topological polar surface area (TPSA) is 55.1 Å². The molecule has 3 N–H and O–H groups in total. The van der Waals surface area contributed by atoms with Crippen molar-refractivity contribution in [1.82, 2.24) is 5.32 Å². The highest BCUT2D eigenvalue weighted by Crippen LogP contribution is 2.35. The van der Waals surface area contributed by atoms with Gasteiger partial charge in [-0.15, -0.1) is 0 Å².